The zero-order chi connectivity index (χ0) is 13.9. The predicted molar refractivity (Wildman–Crippen MR) is 71.4 cm³/mol. The highest BCUT2D eigenvalue weighted by molar-refractivity contribution is 6.05. The third-order valence-corrected chi connectivity index (χ3v) is 2.81. The van der Waals surface area contributed by atoms with E-state index < -0.39 is 0 Å². The number of aryl methyl sites for hydroxylation is 1. The lowest BCUT2D eigenvalue weighted by Gasteiger charge is -2.24. The van der Waals surface area contributed by atoms with Crippen LogP contribution in [0.5, 0.6) is 5.75 Å². The lowest BCUT2D eigenvalue weighted by Crippen LogP contribution is -2.16. The number of carbonyl (C=O) groups is 2. The van der Waals surface area contributed by atoms with E-state index in [1.54, 1.807) is 13.2 Å². The van der Waals surface area contributed by atoms with Crippen molar-refractivity contribution in [2.75, 3.05) is 7.11 Å². The molecule has 0 heterocycles. The molecule has 0 saturated heterocycles. The first kappa shape index (κ1) is 14.4. The minimum atomic E-state index is -0.198. The number of benzene rings is 1. The smallest absolute Gasteiger partial charge is 0.173 e. The number of ether oxygens (including phenoxy) is 1. The Bertz CT molecular complexity index is 467. The number of hydrogen-bond acceptors (Lipinski definition) is 3. The standard InChI is InChI=1S/C15H20O3/c1-10-8-11(13(17)6-7-16)14(18-5)12(9-10)15(2,3)4/h7-9H,6H2,1-5H3. The van der Waals surface area contributed by atoms with Crippen molar-refractivity contribution >= 4 is 12.1 Å². The van der Waals surface area contributed by atoms with Gasteiger partial charge in [0.2, 0.25) is 0 Å². The molecule has 0 aliphatic carbocycles. The lowest BCUT2D eigenvalue weighted by molar-refractivity contribution is -0.107. The van der Waals surface area contributed by atoms with Crippen LogP contribution in [0.1, 0.15) is 48.7 Å². The van der Waals surface area contributed by atoms with Crippen LogP contribution >= 0.6 is 0 Å². The van der Waals surface area contributed by atoms with Gasteiger partial charge in [-0.2, -0.15) is 0 Å². The molecule has 0 unspecified atom stereocenters. The molecular formula is C15H20O3. The third kappa shape index (κ3) is 2.97. The molecule has 0 atom stereocenters. The molecule has 0 radical (unpaired) electrons. The Kier molecular flexibility index (Phi) is 4.28. The van der Waals surface area contributed by atoms with E-state index in [0.717, 1.165) is 11.1 Å². The average Bonchev–Trinajstić information content (AvgIpc) is 2.27. The first-order chi connectivity index (χ1) is 8.31. The van der Waals surface area contributed by atoms with Crippen LogP contribution in [0.15, 0.2) is 12.1 Å². The highest BCUT2D eigenvalue weighted by Crippen LogP contribution is 2.35. The molecule has 0 aliphatic rings. The maximum atomic E-state index is 11.9. The molecule has 3 nitrogen and oxygen atoms in total. The van der Waals surface area contributed by atoms with Gasteiger partial charge in [0.25, 0.3) is 0 Å². The molecule has 0 amide bonds. The minimum absolute atomic E-state index is 0.108. The topological polar surface area (TPSA) is 43.4 Å². The van der Waals surface area contributed by atoms with Gasteiger partial charge in [-0.05, 0) is 24.0 Å². The van der Waals surface area contributed by atoms with Gasteiger partial charge in [0.1, 0.15) is 12.0 Å². The van der Waals surface area contributed by atoms with Gasteiger partial charge in [0.15, 0.2) is 5.78 Å². The van der Waals surface area contributed by atoms with Crippen molar-refractivity contribution in [1.29, 1.82) is 0 Å². The fourth-order valence-electron chi connectivity index (χ4n) is 1.94. The first-order valence-corrected chi connectivity index (χ1v) is 5.97. The molecular weight excluding hydrogens is 228 g/mol. The fourth-order valence-corrected chi connectivity index (χ4v) is 1.94. The quantitative estimate of drug-likeness (QED) is 0.467. The number of methoxy groups -OCH3 is 1. The Balaban J connectivity index is 3.47. The van der Waals surface area contributed by atoms with Gasteiger partial charge in [0, 0.05) is 5.56 Å². The van der Waals surface area contributed by atoms with Gasteiger partial charge >= 0.3 is 0 Å². The summed E-state index contributed by atoms with van der Waals surface area (Å²) in [6.45, 7) is 8.14. The number of carbonyl (C=O) groups excluding carboxylic acids is 2. The second kappa shape index (κ2) is 5.34. The Hall–Kier alpha value is -1.64. The molecule has 18 heavy (non-hydrogen) atoms. The fraction of sp³-hybridized carbons (Fsp3) is 0.467. The first-order valence-electron chi connectivity index (χ1n) is 5.97. The highest BCUT2D eigenvalue weighted by atomic mass is 16.5. The molecule has 0 fully saturated rings. The maximum Gasteiger partial charge on any atom is 0.173 e. The molecule has 0 bridgehead atoms. The van der Waals surface area contributed by atoms with Gasteiger partial charge in [-0.15, -0.1) is 0 Å². The molecule has 0 saturated carbocycles. The SMILES string of the molecule is COc1c(C(=O)CC=O)cc(C)cc1C(C)(C)C. The molecule has 1 rings (SSSR count). The second-order valence-electron chi connectivity index (χ2n) is 5.44. The van der Waals surface area contributed by atoms with Crippen molar-refractivity contribution in [1.82, 2.24) is 0 Å². The monoisotopic (exact) mass is 248 g/mol. The van der Waals surface area contributed by atoms with Crippen LogP contribution in [-0.2, 0) is 10.2 Å². The Morgan fingerprint density at radius 2 is 1.94 bits per heavy atom. The van der Waals surface area contributed by atoms with Gasteiger partial charge in [-0.25, -0.2) is 0 Å². The van der Waals surface area contributed by atoms with E-state index in [1.807, 2.05) is 13.0 Å². The van der Waals surface area contributed by atoms with Gasteiger partial charge in [-0.1, -0.05) is 26.8 Å². The largest absolute Gasteiger partial charge is 0.496 e. The van der Waals surface area contributed by atoms with Gasteiger partial charge < -0.3 is 9.53 Å². The van der Waals surface area contributed by atoms with E-state index in [0.29, 0.717) is 17.6 Å². The summed E-state index contributed by atoms with van der Waals surface area (Å²) in [7, 11) is 1.55. The van der Waals surface area contributed by atoms with Crippen LogP contribution < -0.4 is 4.74 Å². The van der Waals surface area contributed by atoms with Gasteiger partial charge in [0.05, 0.1) is 19.1 Å². The normalized spacial score (nSPS) is 11.2. The highest BCUT2D eigenvalue weighted by Gasteiger charge is 2.24. The summed E-state index contributed by atoms with van der Waals surface area (Å²) in [5, 5.41) is 0. The minimum Gasteiger partial charge on any atom is -0.496 e. The Morgan fingerprint density at radius 1 is 1.33 bits per heavy atom. The van der Waals surface area contributed by atoms with Crippen LogP contribution in [0.4, 0.5) is 0 Å². The lowest BCUT2D eigenvalue weighted by atomic mass is 9.83. The van der Waals surface area contributed by atoms with E-state index in [2.05, 4.69) is 20.8 Å². The Labute approximate surface area is 108 Å². The van der Waals surface area contributed by atoms with Crippen LogP contribution in [0.25, 0.3) is 0 Å². The van der Waals surface area contributed by atoms with E-state index in [1.165, 1.54) is 0 Å². The van der Waals surface area contributed by atoms with Crippen LogP contribution in [-0.4, -0.2) is 19.2 Å². The van der Waals surface area contributed by atoms with E-state index in [-0.39, 0.29) is 17.6 Å². The van der Waals surface area contributed by atoms with E-state index in [4.69, 9.17) is 4.74 Å². The van der Waals surface area contributed by atoms with E-state index in [9.17, 15) is 9.59 Å². The molecule has 1 aromatic carbocycles. The molecule has 3 heteroatoms. The summed E-state index contributed by atoms with van der Waals surface area (Å²) in [5.41, 5.74) is 2.36. The molecule has 0 aromatic heterocycles. The van der Waals surface area contributed by atoms with Gasteiger partial charge in [-0.3, -0.25) is 4.79 Å². The Morgan fingerprint density at radius 3 is 2.39 bits per heavy atom. The molecule has 98 valence electrons. The zero-order valence-corrected chi connectivity index (χ0v) is 11.7. The molecule has 0 spiro atoms. The van der Waals surface area contributed by atoms with Crippen molar-refractivity contribution < 1.29 is 14.3 Å². The maximum absolute atomic E-state index is 11.9. The summed E-state index contributed by atoms with van der Waals surface area (Å²) in [4.78, 5) is 22.4. The number of aldehydes is 1. The second-order valence-corrected chi connectivity index (χ2v) is 5.44. The van der Waals surface area contributed by atoms with Crippen molar-refractivity contribution in [3.05, 3.63) is 28.8 Å². The number of ketones is 1. The molecule has 1 aromatic rings. The van der Waals surface area contributed by atoms with Crippen molar-refractivity contribution in [2.24, 2.45) is 0 Å². The van der Waals surface area contributed by atoms with Crippen molar-refractivity contribution in [3.63, 3.8) is 0 Å². The zero-order valence-electron chi connectivity index (χ0n) is 11.7. The number of rotatable bonds is 4. The van der Waals surface area contributed by atoms with E-state index >= 15 is 0 Å². The summed E-state index contributed by atoms with van der Waals surface area (Å²) in [5.74, 6) is 0.385. The summed E-state index contributed by atoms with van der Waals surface area (Å²) in [6.07, 6.45) is 0.518. The predicted octanol–water partition coefficient (Wildman–Crippen LogP) is 3.07. The number of Topliss-reactive ketones (excluding diaryl/α,β-unsaturated/α-hetero) is 1. The van der Waals surface area contributed by atoms with Crippen molar-refractivity contribution in [2.45, 2.75) is 39.5 Å². The summed E-state index contributed by atoms with van der Waals surface area (Å²) < 4.78 is 5.39. The van der Waals surface area contributed by atoms with Crippen molar-refractivity contribution in [3.8, 4) is 5.75 Å². The number of hydrogen-bond donors (Lipinski definition) is 0. The van der Waals surface area contributed by atoms with Crippen LogP contribution in [0, 0.1) is 6.92 Å². The molecule has 0 aliphatic heterocycles. The van der Waals surface area contributed by atoms with Crippen LogP contribution in [0.3, 0.4) is 0 Å². The third-order valence-electron chi connectivity index (χ3n) is 2.81. The average molecular weight is 248 g/mol. The van der Waals surface area contributed by atoms with Crippen LogP contribution in [0.2, 0.25) is 0 Å². The summed E-state index contributed by atoms with van der Waals surface area (Å²) >= 11 is 0. The molecule has 0 N–H and O–H groups in total. The summed E-state index contributed by atoms with van der Waals surface area (Å²) in [6, 6.07) is 3.80.